The normalized spacial score (nSPS) is 28.4. The molecule has 2 aromatic heterocycles. The molecular weight excluding hydrogens is 310 g/mol. The van der Waals surface area contributed by atoms with Crippen molar-refractivity contribution in [2.45, 2.75) is 31.9 Å². The zero-order valence-corrected chi connectivity index (χ0v) is 14.5. The Balaban J connectivity index is 1.40. The second-order valence-electron chi connectivity index (χ2n) is 7.33. The van der Waals surface area contributed by atoms with Gasteiger partial charge < -0.3 is 9.72 Å². The number of para-hydroxylation sites is 1. The Morgan fingerprint density at radius 1 is 1.12 bits per heavy atom. The molecule has 4 heteroatoms. The van der Waals surface area contributed by atoms with Gasteiger partial charge in [-0.1, -0.05) is 18.2 Å². The summed E-state index contributed by atoms with van der Waals surface area (Å²) < 4.78 is 6.30. The lowest BCUT2D eigenvalue weighted by molar-refractivity contribution is -0.0525. The van der Waals surface area contributed by atoms with Crippen LogP contribution in [0, 0.1) is 5.92 Å². The average Bonchev–Trinajstić information content (AvgIpc) is 3.14. The molecule has 0 spiro atoms. The van der Waals surface area contributed by atoms with Crippen LogP contribution in [0.25, 0.3) is 22.0 Å². The molecule has 25 heavy (non-hydrogen) atoms. The Labute approximate surface area is 147 Å². The van der Waals surface area contributed by atoms with Gasteiger partial charge in [0.05, 0.1) is 5.52 Å². The van der Waals surface area contributed by atoms with Crippen molar-refractivity contribution in [2.24, 2.45) is 5.92 Å². The molecule has 0 radical (unpaired) electrons. The summed E-state index contributed by atoms with van der Waals surface area (Å²) in [6, 6.07) is 13.1. The van der Waals surface area contributed by atoms with E-state index in [1.165, 1.54) is 36.9 Å². The first-order valence-electron chi connectivity index (χ1n) is 9.23. The summed E-state index contributed by atoms with van der Waals surface area (Å²) in [6.45, 7) is 4.73. The minimum absolute atomic E-state index is 0.271. The van der Waals surface area contributed by atoms with Gasteiger partial charge in [-0.25, -0.2) is 4.98 Å². The SMILES string of the molecule is C[C@H]1[C@H](Oc2ccc(-c3cccc4cc[nH]c34)cn2)C2CCN1CC2. The summed E-state index contributed by atoms with van der Waals surface area (Å²) >= 11 is 0. The van der Waals surface area contributed by atoms with E-state index >= 15 is 0 Å². The third-order valence-electron chi connectivity index (χ3n) is 5.98. The maximum atomic E-state index is 6.30. The van der Waals surface area contributed by atoms with Crippen molar-refractivity contribution in [2.75, 3.05) is 13.1 Å². The second kappa shape index (κ2) is 5.88. The van der Waals surface area contributed by atoms with Crippen LogP contribution in [0.3, 0.4) is 0 Å². The number of fused-ring (bicyclic) bond motifs is 4. The van der Waals surface area contributed by atoms with Crippen LogP contribution in [0.15, 0.2) is 48.8 Å². The smallest absolute Gasteiger partial charge is 0.213 e. The fourth-order valence-electron chi connectivity index (χ4n) is 4.53. The number of benzene rings is 1. The van der Waals surface area contributed by atoms with Crippen molar-refractivity contribution in [3.8, 4) is 17.0 Å². The topological polar surface area (TPSA) is 41.1 Å². The molecule has 1 N–H and O–H groups in total. The number of pyridine rings is 1. The Bertz CT molecular complexity index is 876. The van der Waals surface area contributed by atoms with Crippen LogP contribution in [0.4, 0.5) is 0 Å². The lowest BCUT2D eigenvalue weighted by Gasteiger charge is -2.49. The Kier molecular flexibility index (Phi) is 3.52. The summed E-state index contributed by atoms with van der Waals surface area (Å²) in [7, 11) is 0. The second-order valence-corrected chi connectivity index (χ2v) is 7.33. The zero-order chi connectivity index (χ0) is 16.8. The number of aromatic amines is 1. The van der Waals surface area contributed by atoms with Crippen molar-refractivity contribution in [3.05, 3.63) is 48.8 Å². The molecule has 6 rings (SSSR count). The maximum Gasteiger partial charge on any atom is 0.213 e. The molecule has 3 aliphatic heterocycles. The number of nitrogens with one attached hydrogen (secondary N) is 1. The highest BCUT2D eigenvalue weighted by Gasteiger charge is 2.41. The van der Waals surface area contributed by atoms with E-state index in [4.69, 9.17) is 4.74 Å². The highest BCUT2D eigenvalue weighted by Crippen LogP contribution is 2.35. The van der Waals surface area contributed by atoms with Crippen molar-refractivity contribution >= 4 is 10.9 Å². The minimum Gasteiger partial charge on any atom is -0.472 e. The van der Waals surface area contributed by atoms with Gasteiger partial charge in [0.1, 0.15) is 6.10 Å². The Hall–Kier alpha value is -2.33. The molecule has 0 aliphatic carbocycles. The first-order chi connectivity index (χ1) is 12.3. The number of nitrogens with zero attached hydrogens (tertiary/aromatic N) is 2. The van der Waals surface area contributed by atoms with Gasteiger partial charge in [0.2, 0.25) is 5.88 Å². The summed E-state index contributed by atoms with van der Waals surface area (Å²) in [5, 5.41) is 1.22. The predicted octanol–water partition coefficient (Wildman–Crippen LogP) is 4.09. The van der Waals surface area contributed by atoms with Gasteiger partial charge in [0.25, 0.3) is 0 Å². The van der Waals surface area contributed by atoms with Crippen LogP contribution in [0.5, 0.6) is 5.88 Å². The summed E-state index contributed by atoms with van der Waals surface area (Å²) in [5.74, 6) is 1.42. The van der Waals surface area contributed by atoms with Gasteiger partial charge in [0, 0.05) is 35.6 Å². The Morgan fingerprint density at radius 3 is 2.76 bits per heavy atom. The van der Waals surface area contributed by atoms with E-state index in [1.54, 1.807) is 0 Å². The van der Waals surface area contributed by atoms with Crippen LogP contribution >= 0.6 is 0 Å². The van der Waals surface area contributed by atoms with E-state index < -0.39 is 0 Å². The van der Waals surface area contributed by atoms with E-state index in [0.717, 1.165) is 17.0 Å². The van der Waals surface area contributed by atoms with Gasteiger partial charge in [-0.15, -0.1) is 0 Å². The summed E-state index contributed by atoms with van der Waals surface area (Å²) in [6.07, 6.45) is 6.68. The summed E-state index contributed by atoms with van der Waals surface area (Å²) in [4.78, 5) is 10.5. The predicted molar refractivity (Wildman–Crippen MR) is 99.7 cm³/mol. The van der Waals surface area contributed by atoms with Crippen LogP contribution in [-0.2, 0) is 0 Å². The number of rotatable bonds is 3. The monoisotopic (exact) mass is 333 g/mol. The molecule has 0 unspecified atom stereocenters. The molecule has 3 fully saturated rings. The Morgan fingerprint density at radius 2 is 2.00 bits per heavy atom. The number of hydrogen-bond donors (Lipinski definition) is 1. The first-order valence-corrected chi connectivity index (χ1v) is 9.23. The van der Waals surface area contributed by atoms with Crippen LogP contribution < -0.4 is 4.74 Å². The van der Waals surface area contributed by atoms with Gasteiger partial charge in [-0.05, 0) is 56.3 Å². The molecular formula is C21H23N3O. The van der Waals surface area contributed by atoms with Gasteiger partial charge >= 0.3 is 0 Å². The standard InChI is InChI=1S/C21H23N3O/c1-14-21(16-8-11-24(14)12-9-16)25-19-6-5-17(13-23-19)18-4-2-3-15-7-10-22-20(15)18/h2-7,10,13-14,16,21-22H,8-9,11-12H2,1H3/t14-,21-/m0/s1. The highest BCUT2D eigenvalue weighted by atomic mass is 16.5. The number of piperidine rings is 3. The molecule has 3 aliphatic rings. The molecule has 5 heterocycles. The summed E-state index contributed by atoms with van der Waals surface area (Å²) in [5.41, 5.74) is 3.45. The average molecular weight is 333 g/mol. The highest BCUT2D eigenvalue weighted by molar-refractivity contribution is 5.93. The molecule has 0 amide bonds. The fourth-order valence-corrected chi connectivity index (χ4v) is 4.53. The van der Waals surface area contributed by atoms with Crippen molar-refractivity contribution < 1.29 is 4.74 Å². The van der Waals surface area contributed by atoms with Crippen molar-refractivity contribution in [3.63, 3.8) is 0 Å². The molecule has 128 valence electrons. The van der Waals surface area contributed by atoms with E-state index in [1.807, 2.05) is 18.5 Å². The van der Waals surface area contributed by atoms with Crippen molar-refractivity contribution in [1.29, 1.82) is 0 Å². The third-order valence-corrected chi connectivity index (χ3v) is 5.98. The largest absolute Gasteiger partial charge is 0.472 e. The fraction of sp³-hybridized carbons (Fsp3) is 0.381. The molecule has 0 saturated carbocycles. The van der Waals surface area contributed by atoms with Gasteiger partial charge in [0.15, 0.2) is 0 Å². The maximum absolute atomic E-state index is 6.30. The minimum atomic E-state index is 0.271. The molecule has 2 bridgehead atoms. The van der Waals surface area contributed by atoms with E-state index in [-0.39, 0.29) is 6.10 Å². The van der Waals surface area contributed by atoms with Crippen LogP contribution in [0.1, 0.15) is 19.8 Å². The zero-order valence-electron chi connectivity index (χ0n) is 14.5. The molecule has 4 nitrogen and oxygen atoms in total. The quantitative estimate of drug-likeness (QED) is 0.785. The number of ether oxygens (including phenoxy) is 1. The number of H-pyrrole nitrogens is 1. The number of aromatic nitrogens is 2. The lowest BCUT2D eigenvalue weighted by Crippen LogP contribution is -2.58. The first kappa shape index (κ1) is 15.0. The molecule has 2 atom stereocenters. The van der Waals surface area contributed by atoms with Crippen LogP contribution in [-0.4, -0.2) is 40.1 Å². The lowest BCUT2D eigenvalue weighted by atomic mass is 9.81. The van der Waals surface area contributed by atoms with Crippen molar-refractivity contribution in [1.82, 2.24) is 14.9 Å². The van der Waals surface area contributed by atoms with Gasteiger partial charge in [-0.3, -0.25) is 4.90 Å². The van der Waals surface area contributed by atoms with E-state index in [2.05, 4.69) is 52.1 Å². The van der Waals surface area contributed by atoms with Gasteiger partial charge in [-0.2, -0.15) is 0 Å². The molecule has 3 aromatic rings. The van der Waals surface area contributed by atoms with E-state index in [9.17, 15) is 0 Å². The molecule has 1 aromatic carbocycles. The number of hydrogen-bond acceptors (Lipinski definition) is 3. The van der Waals surface area contributed by atoms with E-state index in [0.29, 0.717) is 12.0 Å². The molecule has 3 saturated heterocycles. The van der Waals surface area contributed by atoms with Crippen LogP contribution in [0.2, 0.25) is 0 Å². The third kappa shape index (κ3) is 2.52.